The molecule has 2 aromatic carbocycles. The molecule has 34 heavy (non-hydrogen) atoms. The van der Waals surface area contributed by atoms with Crippen molar-refractivity contribution in [3.8, 4) is 0 Å². The van der Waals surface area contributed by atoms with E-state index in [4.69, 9.17) is 32.9 Å². The Morgan fingerprint density at radius 3 is 2.59 bits per heavy atom. The lowest BCUT2D eigenvalue weighted by Crippen LogP contribution is -2.42. The van der Waals surface area contributed by atoms with Crippen LogP contribution in [0.1, 0.15) is 60.8 Å². The van der Waals surface area contributed by atoms with Gasteiger partial charge in [0.1, 0.15) is 0 Å². The van der Waals surface area contributed by atoms with E-state index in [1.165, 1.54) is 0 Å². The van der Waals surface area contributed by atoms with Gasteiger partial charge in [0.25, 0.3) is 5.91 Å². The number of nitrogens with zero attached hydrogens (tertiary/aromatic N) is 1. The first-order valence-corrected chi connectivity index (χ1v) is 11.9. The first-order valence-electron chi connectivity index (χ1n) is 11.2. The number of aromatic nitrogens is 1. The summed E-state index contributed by atoms with van der Waals surface area (Å²) in [5.41, 5.74) is 4.33. The van der Waals surface area contributed by atoms with Crippen molar-refractivity contribution in [1.82, 2.24) is 10.3 Å². The van der Waals surface area contributed by atoms with Crippen LogP contribution < -0.4 is 5.32 Å². The number of esters is 1. The molecule has 0 bridgehead atoms. The van der Waals surface area contributed by atoms with Crippen molar-refractivity contribution in [1.29, 1.82) is 0 Å². The molecular weight excluding hydrogens is 471 g/mol. The third kappa shape index (κ3) is 5.43. The molecule has 1 aromatic heterocycles. The van der Waals surface area contributed by atoms with Gasteiger partial charge in [0.05, 0.1) is 26.8 Å². The summed E-state index contributed by atoms with van der Waals surface area (Å²) in [5.74, 6) is -0.858. The molecule has 3 aromatic rings. The van der Waals surface area contributed by atoms with Crippen LogP contribution in [0.4, 0.5) is 0 Å². The highest BCUT2D eigenvalue weighted by Gasteiger charge is 2.26. The van der Waals surface area contributed by atoms with Crippen molar-refractivity contribution in [2.75, 3.05) is 6.61 Å². The molecule has 176 valence electrons. The third-order valence-corrected chi connectivity index (χ3v) is 6.25. The number of nitrogens with one attached hydrogen (secondary N) is 1. The van der Waals surface area contributed by atoms with Crippen molar-refractivity contribution in [3.05, 3.63) is 74.9 Å². The van der Waals surface area contributed by atoms with Gasteiger partial charge in [-0.15, -0.1) is 0 Å². The zero-order valence-electron chi connectivity index (χ0n) is 19.4. The van der Waals surface area contributed by atoms with Gasteiger partial charge in [0.15, 0.2) is 6.61 Å². The maximum atomic E-state index is 13.3. The average Bonchev–Trinajstić information content (AvgIpc) is 2.77. The zero-order chi connectivity index (χ0) is 24.5. The number of allylic oxidation sites excluding steroid dienone is 1. The summed E-state index contributed by atoms with van der Waals surface area (Å²) in [7, 11) is 0. The third-order valence-electron chi connectivity index (χ3n) is 5.51. The van der Waals surface area contributed by atoms with Crippen LogP contribution >= 0.6 is 23.2 Å². The lowest BCUT2D eigenvalue weighted by Gasteiger charge is -2.23. The first kappa shape index (κ1) is 24.2. The number of hydrogen-bond acceptors (Lipinski definition) is 4. The van der Waals surface area contributed by atoms with E-state index in [9.17, 15) is 9.59 Å². The predicted molar refractivity (Wildman–Crippen MR) is 137 cm³/mol. The summed E-state index contributed by atoms with van der Waals surface area (Å²) >= 11 is 12.3. The fourth-order valence-corrected chi connectivity index (χ4v) is 4.48. The van der Waals surface area contributed by atoms with Gasteiger partial charge in [0, 0.05) is 10.9 Å². The molecular formula is C27H26Cl2N2O3. The molecule has 0 saturated heterocycles. The topological polar surface area (TPSA) is 68.3 Å². The minimum absolute atomic E-state index is 0.340. The first-order chi connectivity index (χ1) is 16.1. The van der Waals surface area contributed by atoms with Gasteiger partial charge in [-0.05, 0) is 81.0 Å². The number of benzene rings is 2. The second kappa shape index (κ2) is 9.77. The SMILES string of the molecule is CC(C)(C)NC(=O)COC(=O)c1c2c(nc3ccccc13)/C(=C\c1ccc(Cl)c(Cl)c1)CCC2. The predicted octanol–water partition coefficient (Wildman–Crippen LogP) is 6.49. The smallest absolute Gasteiger partial charge is 0.339 e. The highest BCUT2D eigenvalue weighted by molar-refractivity contribution is 6.42. The number of para-hydroxylation sites is 1. The summed E-state index contributed by atoms with van der Waals surface area (Å²) in [6, 6.07) is 13.0. The van der Waals surface area contributed by atoms with E-state index >= 15 is 0 Å². The minimum Gasteiger partial charge on any atom is -0.452 e. The second-order valence-corrected chi connectivity index (χ2v) is 10.2. The Hall–Kier alpha value is -2.89. The molecule has 1 aliphatic carbocycles. The molecule has 5 nitrogen and oxygen atoms in total. The van der Waals surface area contributed by atoms with E-state index in [0.717, 1.165) is 40.6 Å². The van der Waals surface area contributed by atoms with Crippen molar-refractivity contribution < 1.29 is 14.3 Å². The number of amides is 1. The molecule has 0 aliphatic heterocycles. The van der Waals surface area contributed by atoms with Crippen LogP contribution in [-0.4, -0.2) is 29.0 Å². The van der Waals surface area contributed by atoms with E-state index < -0.39 is 11.5 Å². The summed E-state index contributed by atoms with van der Waals surface area (Å²) in [6.45, 7) is 5.29. The Morgan fingerprint density at radius 1 is 1.09 bits per heavy atom. The fourth-order valence-electron chi connectivity index (χ4n) is 4.17. The van der Waals surface area contributed by atoms with Crippen LogP contribution in [0, 0.1) is 0 Å². The Bertz CT molecular complexity index is 1310. The van der Waals surface area contributed by atoms with Gasteiger partial charge in [-0.25, -0.2) is 9.78 Å². The summed E-state index contributed by atoms with van der Waals surface area (Å²) in [6.07, 6.45) is 4.42. The Labute approximate surface area is 209 Å². The lowest BCUT2D eigenvalue weighted by molar-refractivity contribution is -0.125. The minimum atomic E-state index is -0.519. The van der Waals surface area contributed by atoms with Crippen molar-refractivity contribution in [3.63, 3.8) is 0 Å². The molecule has 4 rings (SSSR count). The summed E-state index contributed by atoms with van der Waals surface area (Å²) in [4.78, 5) is 30.4. The standard InChI is InChI=1S/C27H26Cl2N2O3/c1-27(2,3)31-23(32)15-34-26(33)24-18-8-4-5-10-22(18)30-25-17(7-6-9-19(24)25)13-16-11-12-20(28)21(29)14-16/h4-5,8,10-14H,6-7,9,15H2,1-3H3,(H,31,32)/b17-13-. The maximum Gasteiger partial charge on any atom is 0.339 e. The van der Waals surface area contributed by atoms with Crippen LogP contribution in [0.3, 0.4) is 0 Å². The van der Waals surface area contributed by atoms with E-state index in [-0.39, 0.29) is 12.5 Å². The van der Waals surface area contributed by atoms with Gasteiger partial charge in [-0.3, -0.25) is 4.79 Å². The number of rotatable bonds is 4. The molecule has 0 unspecified atom stereocenters. The van der Waals surface area contributed by atoms with Crippen LogP contribution in [-0.2, 0) is 16.0 Å². The van der Waals surface area contributed by atoms with Crippen LogP contribution in [0.2, 0.25) is 10.0 Å². The molecule has 0 radical (unpaired) electrons. The normalized spacial score (nSPS) is 14.7. The molecule has 1 N–H and O–H groups in total. The molecule has 7 heteroatoms. The van der Waals surface area contributed by atoms with Gasteiger partial charge in [0.2, 0.25) is 0 Å². The summed E-state index contributed by atoms with van der Waals surface area (Å²) in [5, 5.41) is 4.51. The molecule has 0 spiro atoms. The second-order valence-electron chi connectivity index (χ2n) is 9.40. The number of pyridine rings is 1. The van der Waals surface area contributed by atoms with Crippen molar-refractivity contribution >= 4 is 57.6 Å². The largest absolute Gasteiger partial charge is 0.452 e. The highest BCUT2D eigenvalue weighted by Crippen LogP contribution is 2.37. The molecule has 1 heterocycles. The monoisotopic (exact) mass is 496 g/mol. The lowest BCUT2D eigenvalue weighted by atomic mass is 9.86. The molecule has 1 amide bonds. The van der Waals surface area contributed by atoms with E-state index in [1.54, 1.807) is 6.07 Å². The number of fused-ring (bicyclic) bond motifs is 2. The number of halogens is 2. The number of carbonyl (C=O) groups is 2. The fraction of sp³-hybridized carbons (Fsp3) is 0.296. The van der Waals surface area contributed by atoms with Crippen molar-refractivity contribution in [2.24, 2.45) is 0 Å². The van der Waals surface area contributed by atoms with Gasteiger partial charge in [-0.1, -0.05) is 47.5 Å². The Kier molecular flexibility index (Phi) is 6.96. The van der Waals surface area contributed by atoms with Crippen LogP contribution in [0.5, 0.6) is 0 Å². The Balaban J connectivity index is 1.75. The zero-order valence-corrected chi connectivity index (χ0v) is 20.9. The van der Waals surface area contributed by atoms with E-state index in [0.29, 0.717) is 27.5 Å². The van der Waals surface area contributed by atoms with Gasteiger partial charge >= 0.3 is 5.97 Å². The molecule has 0 fully saturated rings. The van der Waals surface area contributed by atoms with Crippen molar-refractivity contribution in [2.45, 2.75) is 45.6 Å². The van der Waals surface area contributed by atoms with Crippen LogP contribution in [0.15, 0.2) is 42.5 Å². The maximum absolute atomic E-state index is 13.3. The molecule has 1 aliphatic rings. The quantitative estimate of drug-likeness (QED) is 0.419. The average molecular weight is 497 g/mol. The van der Waals surface area contributed by atoms with Gasteiger partial charge < -0.3 is 10.1 Å². The number of ether oxygens (including phenoxy) is 1. The Morgan fingerprint density at radius 2 is 1.85 bits per heavy atom. The summed E-state index contributed by atoms with van der Waals surface area (Å²) < 4.78 is 5.46. The number of hydrogen-bond donors (Lipinski definition) is 1. The van der Waals surface area contributed by atoms with Gasteiger partial charge in [-0.2, -0.15) is 0 Å². The molecule has 0 atom stereocenters. The van der Waals surface area contributed by atoms with E-state index in [2.05, 4.69) is 5.32 Å². The highest BCUT2D eigenvalue weighted by atomic mass is 35.5. The van der Waals surface area contributed by atoms with Crippen LogP contribution in [0.25, 0.3) is 22.6 Å². The molecule has 0 saturated carbocycles. The number of carbonyl (C=O) groups excluding carboxylic acids is 2. The van der Waals surface area contributed by atoms with E-state index in [1.807, 2.05) is 63.2 Å².